The van der Waals surface area contributed by atoms with Crippen LogP contribution < -0.4 is 14.2 Å². The smallest absolute Gasteiger partial charge is 0.165 e. The molecule has 2 rings (SSSR count). The van der Waals surface area contributed by atoms with Gasteiger partial charge in [0.2, 0.25) is 0 Å². The maximum Gasteiger partial charge on any atom is 0.165 e. The normalized spacial score (nSPS) is 13.9. The molecule has 1 aromatic rings. The third-order valence-electron chi connectivity index (χ3n) is 1.84. The van der Waals surface area contributed by atoms with Gasteiger partial charge in [0.25, 0.3) is 0 Å². The number of hydrogen-bond donors (Lipinski definition) is 1. The van der Waals surface area contributed by atoms with E-state index in [-0.39, 0.29) is 5.75 Å². The van der Waals surface area contributed by atoms with Gasteiger partial charge in [-0.2, -0.15) is 0 Å². The highest BCUT2D eigenvalue weighted by molar-refractivity contribution is 5.54. The summed E-state index contributed by atoms with van der Waals surface area (Å²) in [7, 11) is 1.49. The van der Waals surface area contributed by atoms with Gasteiger partial charge in [0.05, 0.1) is 7.11 Å². The van der Waals surface area contributed by atoms with E-state index in [1.165, 1.54) is 13.2 Å². The van der Waals surface area contributed by atoms with Crippen LogP contribution in [0.5, 0.6) is 23.0 Å². The minimum absolute atomic E-state index is 0.0618. The number of fused-ring (bicyclic) bond motifs is 1. The van der Waals surface area contributed by atoms with Crippen LogP contribution in [-0.2, 0) is 0 Å². The highest BCUT2D eigenvalue weighted by atomic mass is 16.6. The summed E-state index contributed by atoms with van der Waals surface area (Å²) < 4.78 is 15.5. The molecule has 70 valence electrons. The summed E-state index contributed by atoms with van der Waals surface area (Å²) in [5, 5.41) is 9.41. The average Bonchev–Trinajstić information content (AvgIpc) is 2.17. The van der Waals surface area contributed by atoms with Gasteiger partial charge in [0.15, 0.2) is 23.0 Å². The maximum absolute atomic E-state index is 9.41. The van der Waals surface area contributed by atoms with Gasteiger partial charge >= 0.3 is 0 Å². The molecule has 0 amide bonds. The van der Waals surface area contributed by atoms with Crippen LogP contribution >= 0.6 is 0 Å². The standard InChI is InChI=1S/C9H10O4/c1-11-7-5-9-8(4-6(7)10)12-2-3-13-9/h4-5,10H,2-3H2,1H3. The molecule has 0 aliphatic carbocycles. The molecule has 0 aromatic heterocycles. The van der Waals surface area contributed by atoms with Crippen molar-refractivity contribution in [2.75, 3.05) is 20.3 Å². The number of phenolic OH excluding ortho intramolecular Hbond substituents is 1. The van der Waals surface area contributed by atoms with Crippen LogP contribution in [0.15, 0.2) is 12.1 Å². The molecule has 1 aliphatic rings. The molecule has 1 aromatic carbocycles. The van der Waals surface area contributed by atoms with Crippen LogP contribution in [0.1, 0.15) is 0 Å². The van der Waals surface area contributed by atoms with Crippen molar-refractivity contribution in [1.29, 1.82) is 0 Å². The van der Waals surface area contributed by atoms with Gasteiger partial charge < -0.3 is 19.3 Å². The third kappa shape index (κ3) is 1.35. The van der Waals surface area contributed by atoms with Crippen molar-refractivity contribution in [3.63, 3.8) is 0 Å². The Morgan fingerprint density at radius 2 is 1.85 bits per heavy atom. The molecular weight excluding hydrogens is 172 g/mol. The van der Waals surface area contributed by atoms with Gasteiger partial charge in [0.1, 0.15) is 13.2 Å². The summed E-state index contributed by atoms with van der Waals surface area (Å²) in [6.45, 7) is 1.04. The molecule has 0 atom stereocenters. The predicted octanol–water partition coefficient (Wildman–Crippen LogP) is 1.17. The summed E-state index contributed by atoms with van der Waals surface area (Å²) in [5.41, 5.74) is 0. The van der Waals surface area contributed by atoms with Gasteiger partial charge in [-0.25, -0.2) is 0 Å². The number of rotatable bonds is 1. The lowest BCUT2D eigenvalue weighted by atomic mass is 10.2. The first-order valence-electron chi connectivity index (χ1n) is 3.98. The summed E-state index contributed by atoms with van der Waals surface area (Å²) in [4.78, 5) is 0. The Labute approximate surface area is 75.7 Å². The predicted molar refractivity (Wildman–Crippen MR) is 45.6 cm³/mol. The lowest BCUT2D eigenvalue weighted by molar-refractivity contribution is 0.170. The van der Waals surface area contributed by atoms with E-state index in [4.69, 9.17) is 14.2 Å². The molecule has 0 fully saturated rings. The average molecular weight is 182 g/mol. The molecule has 4 nitrogen and oxygen atoms in total. The van der Waals surface area contributed by atoms with Crippen LogP contribution in [0.25, 0.3) is 0 Å². The largest absolute Gasteiger partial charge is 0.504 e. The number of methoxy groups -OCH3 is 1. The molecule has 13 heavy (non-hydrogen) atoms. The summed E-state index contributed by atoms with van der Waals surface area (Å²) in [5.74, 6) is 1.63. The highest BCUT2D eigenvalue weighted by Gasteiger charge is 2.15. The van der Waals surface area contributed by atoms with E-state index in [0.29, 0.717) is 30.5 Å². The summed E-state index contributed by atoms with van der Waals surface area (Å²) in [6, 6.07) is 3.11. The van der Waals surface area contributed by atoms with E-state index in [1.54, 1.807) is 6.07 Å². The zero-order valence-electron chi connectivity index (χ0n) is 7.24. The maximum atomic E-state index is 9.41. The van der Waals surface area contributed by atoms with Crippen LogP contribution in [0.3, 0.4) is 0 Å². The third-order valence-corrected chi connectivity index (χ3v) is 1.84. The second-order valence-corrected chi connectivity index (χ2v) is 2.67. The molecule has 0 radical (unpaired) electrons. The minimum atomic E-state index is 0.0618. The first-order chi connectivity index (χ1) is 6.31. The van der Waals surface area contributed by atoms with Crippen molar-refractivity contribution in [3.8, 4) is 23.0 Å². The van der Waals surface area contributed by atoms with Crippen molar-refractivity contribution < 1.29 is 19.3 Å². The van der Waals surface area contributed by atoms with E-state index < -0.39 is 0 Å². The topological polar surface area (TPSA) is 47.9 Å². The second kappa shape index (κ2) is 3.05. The highest BCUT2D eigenvalue weighted by Crippen LogP contribution is 2.39. The van der Waals surface area contributed by atoms with Crippen molar-refractivity contribution in [2.45, 2.75) is 0 Å². The number of aromatic hydroxyl groups is 1. The molecule has 0 spiro atoms. The Balaban J connectivity index is 2.44. The monoisotopic (exact) mass is 182 g/mol. The van der Waals surface area contributed by atoms with Gasteiger partial charge in [-0.05, 0) is 0 Å². The first kappa shape index (κ1) is 8.04. The quantitative estimate of drug-likeness (QED) is 0.708. The van der Waals surface area contributed by atoms with E-state index >= 15 is 0 Å². The van der Waals surface area contributed by atoms with Crippen molar-refractivity contribution in [3.05, 3.63) is 12.1 Å². The fraction of sp³-hybridized carbons (Fsp3) is 0.333. The van der Waals surface area contributed by atoms with Crippen molar-refractivity contribution in [2.24, 2.45) is 0 Å². The minimum Gasteiger partial charge on any atom is -0.504 e. The van der Waals surface area contributed by atoms with Gasteiger partial charge in [-0.1, -0.05) is 0 Å². The number of hydrogen-bond acceptors (Lipinski definition) is 4. The van der Waals surface area contributed by atoms with E-state index in [0.717, 1.165) is 0 Å². The van der Waals surface area contributed by atoms with Crippen molar-refractivity contribution >= 4 is 0 Å². The summed E-state index contributed by atoms with van der Waals surface area (Å²) >= 11 is 0. The van der Waals surface area contributed by atoms with Gasteiger partial charge in [-0.15, -0.1) is 0 Å². The molecule has 4 heteroatoms. The van der Waals surface area contributed by atoms with Crippen LogP contribution in [0.4, 0.5) is 0 Å². The van der Waals surface area contributed by atoms with E-state index in [2.05, 4.69) is 0 Å². The zero-order valence-corrected chi connectivity index (χ0v) is 7.24. The summed E-state index contributed by atoms with van der Waals surface area (Å²) in [6.07, 6.45) is 0. The molecule has 1 N–H and O–H groups in total. The Morgan fingerprint density at radius 3 is 2.46 bits per heavy atom. The number of ether oxygens (including phenoxy) is 3. The fourth-order valence-corrected chi connectivity index (χ4v) is 1.22. The Morgan fingerprint density at radius 1 is 1.23 bits per heavy atom. The van der Waals surface area contributed by atoms with E-state index in [9.17, 15) is 5.11 Å². The Kier molecular flexibility index (Phi) is 1.88. The van der Waals surface area contributed by atoms with Crippen molar-refractivity contribution in [1.82, 2.24) is 0 Å². The van der Waals surface area contributed by atoms with Crippen LogP contribution in [0.2, 0.25) is 0 Å². The molecule has 0 saturated carbocycles. The van der Waals surface area contributed by atoms with Crippen LogP contribution in [0, 0.1) is 0 Å². The van der Waals surface area contributed by atoms with Gasteiger partial charge in [-0.3, -0.25) is 0 Å². The lowest BCUT2D eigenvalue weighted by Gasteiger charge is -2.19. The molecule has 0 bridgehead atoms. The SMILES string of the molecule is COc1cc2c(cc1O)OCCO2. The first-order valence-corrected chi connectivity index (χ1v) is 3.98. The van der Waals surface area contributed by atoms with Crippen LogP contribution in [-0.4, -0.2) is 25.4 Å². The molecular formula is C9H10O4. The molecule has 1 aliphatic heterocycles. The van der Waals surface area contributed by atoms with Gasteiger partial charge in [0, 0.05) is 12.1 Å². The Hall–Kier alpha value is -1.58. The van der Waals surface area contributed by atoms with E-state index in [1.807, 2.05) is 0 Å². The lowest BCUT2D eigenvalue weighted by Crippen LogP contribution is -2.15. The number of benzene rings is 1. The molecule has 0 unspecified atom stereocenters. The fourth-order valence-electron chi connectivity index (χ4n) is 1.22. The zero-order chi connectivity index (χ0) is 9.26. The molecule has 1 heterocycles. The second-order valence-electron chi connectivity index (χ2n) is 2.67. The Bertz CT molecular complexity index is 322. The molecule has 0 saturated heterocycles. The number of phenols is 1.